The molecule has 0 aliphatic carbocycles. The van der Waals surface area contributed by atoms with Crippen LogP contribution >= 0.6 is 11.3 Å². The maximum atomic E-state index is 13.2. The van der Waals surface area contributed by atoms with Crippen LogP contribution in [0.15, 0.2) is 70.9 Å². The molecule has 6 nitrogen and oxygen atoms in total. The van der Waals surface area contributed by atoms with Gasteiger partial charge >= 0.3 is 0 Å². The maximum absolute atomic E-state index is 13.2. The van der Waals surface area contributed by atoms with Gasteiger partial charge < -0.3 is 10.2 Å². The molecule has 9 heteroatoms. The van der Waals surface area contributed by atoms with Crippen molar-refractivity contribution >= 4 is 33.0 Å². The Hall–Kier alpha value is -2.75. The number of carbonyl (C=O) groups is 1. The summed E-state index contributed by atoms with van der Waals surface area (Å²) >= 11 is 1.13. The number of hydrogen-bond acceptors (Lipinski definition) is 5. The Bertz CT molecular complexity index is 1160. The highest BCUT2D eigenvalue weighted by molar-refractivity contribution is 7.89. The second-order valence-electron chi connectivity index (χ2n) is 7.47. The van der Waals surface area contributed by atoms with Crippen LogP contribution in [0.4, 0.5) is 10.1 Å². The Kier molecular flexibility index (Phi) is 6.88. The molecule has 2 heterocycles. The van der Waals surface area contributed by atoms with Crippen LogP contribution in [0, 0.1) is 5.82 Å². The van der Waals surface area contributed by atoms with E-state index in [4.69, 9.17) is 0 Å². The van der Waals surface area contributed by atoms with Crippen molar-refractivity contribution in [3.63, 3.8) is 0 Å². The molecule has 1 N–H and O–H groups in total. The van der Waals surface area contributed by atoms with Crippen molar-refractivity contribution in [2.45, 2.75) is 11.3 Å². The van der Waals surface area contributed by atoms with Crippen LogP contribution in [0.1, 0.15) is 15.2 Å². The number of hydrogen-bond donors (Lipinski definition) is 1. The molecular formula is C23H24FN3O3S2. The maximum Gasteiger partial charge on any atom is 0.262 e. The molecule has 1 aliphatic rings. The number of sulfonamides is 1. The van der Waals surface area contributed by atoms with Crippen molar-refractivity contribution < 1.29 is 17.6 Å². The van der Waals surface area contributed by atoms with Gasteiger partial charge in [0.1, 0.15) is 15.6 Å². The molecule has 32 heavy (non-hydrogen) atoms. The number of halogens is 1. The van der Waals surface area contributed by atoms with Gasteiger partial charge in [-0.1, -0.05) is 30.3 Å². The summed E-state index contributed by atoms with van der Waals surface area (Å²) in [6.07, 6.45) is 0.672. The van der Waals surface area contributed by atoms with Crippen LogP contribution in [-0.4, -0.2) is 51.4 Å². The molecular weight excluding hydrogens is 449 g/mol. The van der Waals surface area contributed by atoms with E-state index in [1.807, 2.05) is 35.2 Å². The van der Waals surface area contributed by atoms with Crippen LogP contribution in [0.5, 0.6) is 0 Å². The average molecular weight is 474 g/mol. The van der Waals surface area contributed by atoms with Crippen molar-refractivity contribution in [3.05, 3.63) is 82.3 Å². The van der Waals surface area contributed by atoms with Crippen LogP contribution < -0.4 is 10.2 Å². The first-order chi connectivity index (χ1) is 15.4. The summed E-state index contributed by atoms with van der Waals surface area (Å²) < 4.78 is 41.1. The van der Waals surface area contributed by atoms with E-state index in [1.165, 1.54) is 22.5 Å². The standard InChI is InChI=1S/C23H24FN3O3S2/c24-19-6-8-20(9-7-19)26-13-15-27(16-14-26)32(29,30)21-11-17-31-22(21)23(28)25-12-10-18-4-2-1-3-5-18/h1-9,11,17H,10,12-16H2,(H,25,28). The van der Waals surface area contributed by atoms with Crippen molar-refractivity contribution in [2.24, 2.45) is 0 Å². The lowest BCUT2D eigenvalue weighted by atomic mass is 10.1. The second-order valence-corrected chi connectivity index (χ2v) is 10.3. The minimum atomic E-state index is -3.79. The number of anilines is 1. The predicted octanol–water partition coefficient (Wildman–Crippen LogP) is 3.37. The van der Waals surface area contributed by atoms with Crippen molar-refractivity contribution in [2.75, 3.05) is 37.6 Å². The summed E-state index contributed by atoms with van der Waals surface area (Å²) in [6.45, 7) is 2.01. The summed E-state index contributed by atoms with van der Waals surface area (Å²) in [7, 11) is -3.79. The third-order valence-electron chi connectivity index (χ3n) is 5.43. The van der Waals surface area contributed by atoms with Crippen LogP contribution in [0.25, 0.3) is 0 Å². The van der Waals surface area contributed by atoms with E-state index < -0.39 is 10.0 Å². The predicted molar refractivity (Wildman–Crippen MR) is 124 cm³/mol. The largest absolute Gasteiger partial charge is 0.369 e. The molecule has 0 bridgehead atoms. The monoisotopic (exact) mass is 473 g/mol. The molecule has 2 aromatic carbocycles. The summed E-state index contributed by atoms with van der Waals surface area (Å²) in [5.41, 5.74) is 1.96. The highest BCUT2D eigenvalue weighted by atomic mass is 32.2. The molecule has 3 aromatic rings. The van der Waals surface area contributed by atoms with Gasteiger partial charge in [-0.2, -0.15) is 4.31 Å². The molecule has 1 aliphatic heterocycles. The van der Waals surface area contributed by atoms with E-state index in [1.54, 1.807) is 17.5 Å². The smallest absolute Gasteiger partial charge is 0.262 e. The minimum Gasteiger partial charge on any atom is -0.369 e. The molecule has 168 valence electrons. The van der Waals surface area contributed by atoms with Gasteiger partial charge in [-0.3, -0.25) is 4.79 Å². The number of piperazine rings is 1. The number of carbonyl (C=O) groups excluding carboxylic acids is 1. The number of nitrogens with one attached hydrogen (secondary N) is 1. The summed E-state index contributed by atoms with van der Waals surface area (Å²) in [6, 6.07) is 17.5. The van der Waals surface area contributed by atoms with Gasteiger partial charge in [-0.15, -0.1) is 11.3 Å². The Balaban J connectivity index is 1.39. The number of rotatable bonds is 7. The summed E-state index contributed by atoms with van der Waals surface area (Å²) in [5, 5.41) is 4.46. The minimum absolute atomic E-state index is 0.0509. The van der Waals surface area contributed by atoms with Crippen LogP contribution in [0.2, 0.25) is 0 Å². The lowest BCUT2D eigenvalue weighted by molar-refractivity contribution is 0.0955. The molecule has 1 aromatic heterocycles. The summed E-state index contributed by atoms with van der Waals surface area (Å²) in [5.74, 6) is -0.679. The van der Waals surface area contributed by atoms with Gasteiger partial charge in [0.2, 0.25) is 10.0 Å². The zero-order valence-electron chi connectivity index (χ0n) is 17.4. The first-order valence-electron chi connectivity index (χ1n) is 10.4. The molecule has 1 fully saturated rings. The Morgan fingerprint density at radius 2 is 1.66 bits per heavy atom. The van der Waals surface area contributed by atoms with Gasteiger partial charge in [0.25, 0.3) is 5.91 Å². The third kappa shape index (κ3) is 5.01. The van der Waals surface area contributed by atoms with Gasteiger partial charge in [-0.25, -0.2) is 12.8 Å². The van der Waals surface area contributed by atoms with Gasteiger partial charge in [0.05, 0.1) is 0 Å². The van der Waals surface area contributed by atoms with E-state index in [2.05, 4.69) is 5.32 Å². The molecule has 0 radical (unpaired) electrons. The highest BCUT2D eigenvalue weighted by Gasteiger charge is 2.32. The number of benzene rings is 2. The van der Waals surface area contributed by atoms with Crippen molar-refractivity contribution in [1.29, 1.82) is 0 Å². The van der Waals surface area contributed by atoms with Gasteiger partial charge in [-0.05, 0) is 47.7 Å². The topological polar surface area (TPSA) is 69.7 Å². The average Bonchev–Trinajstić information content (AvgIpc) is 3.32. The molecule has 0 atom stereocenters. The molecule has 0 saturated carbocycles. The number of amides is 1. The Morgan fingerprint density at radius 1 is 0.969 bits per heavy atom. The molecule has 0 unspecified atom stereocenters. The van der Waals surface area contributed by atoms with E-state index >= 15 is 0 Å². The zero-order valence-corrected chi connectivity index (χ0v) is 19.0. The first kappa shape index (κ1) is 22.4. The quantitative estimate of drug-likeness (QED) is 0.571. The molecule has 4 rings (SSSR count). The third-order valence-corrected chi connectivity index (χ3v) is 8.41. The normalized spacial score (nSPS) is 15.0. The van der Waals surface area contributed by atoms with E-state index in [-0.39, 0.29) is 21.5 Å². The first-order valence-corrected chi connectivity index (χ1v) is 12.7. The molecule has 0 spiro atoms. The van der Waals surface area contributed by atoms with E-state index in [0.29, 0.717) is 39.1 Å². The lowest BCUT2D eigenvalue weighted by Gasteiger charge is -2.35. The van der Waals surface area contributed by atoms with Gasteiger partial charge in [0, 0.05) is 38.4 Å². The fourth-order valence-corrected chi connectivity index (χ4v) is 6.43. The Morgan fingerprint density at radius 3 is 2.34 bits per heavy atom. The fraction of sp³-hybridized carbons (Fsp3) is 0.261. The van der Waals surface area contributed by atoms with Crippen molar-refractivity contribution in [3.8, 4) is 0 Å². The number of thiophene rings is 1. The lowest BCUT2D eigenvalue weighted by Crippen LogP contribution is -2.48. The van der Waals surface area contributed by atoms with Crippen molar-refractivity contribution in [1.82, 2.24) is 9.62 Å². The zero-order chi connectivity index (χ0) is 22.6. The Labute approximate surface area is 191 Å². The SMILES string of the molecule is O=C(NCCc1ccccc1)c1sccc1S(=O)(=O)N1CCN(c2ccc(F)cc2)CC1. The fourth-order valence-electron chi connectivity index (χ4n) is 3.69. The molecule has 1 amide bonds. The number of nitrogens with zero attached hydrogens (tertiary/aromatic N) is 2. The van der Waals surface area contributed by atoms with E-state index in [9.17, 15) is 17.6 Å². The highest BCUT2D eigenvalue weighted by Crippen LogP contribution is 2.27. The molecule has 1 saturated heterocycles. The van der Waals surface area contributed by atoms with Gasteiger partial charge in [0.15, 0.2) is 0 Å². The van der Waals surface area contributed by atoms with E-state index in [0.717, 1.165) is 22.6 Å². The van der Waals surface area contributed by atoms with Crippen LogP contribution in [0.3, 0.4) is 0 Å². The second kappa shape index (κ2) is 9.81. The summed E-state index contributed by atoms with van der Waals surface area (Å²) in [4.78, 5) is 15.0. The van der Waals surface area contributed by atoms with Crippen LogP contribution in [-0.2, 0) is 16.4 Å².